The molecule has 0 saturated heterocycles. The van der Waals surface area contributed by atoms with Gasteiger partial charge in [0.15, 0.2) is 0 Å². The van der Waals surface area contributed by atoms with Crippen LogP contribution < -0.4 is 5.43 Å². The molecular formula is C15H23N5O. The van der Waals surface area contributed by atoms with Crippen LogP contribution in [0.15, 0.2) is 34.4 Å². The molecule has 6 heteroatoms. The minimum Gasteiger partial charge on any atom is -0.361 e. The van der Waals surface area contributed by atoms with Crippen LogP contribution in [0.5, 0.6) is 0 Å². The lowest BCUT2D eigenvalue weighted by molar-refractivity contribution is 0.208. The standard InChI is InChI=1S/C15H23N5O/c1-12-8-13(21-17-12)6-4-5-7-20-10-15-14(18(2)11-20)9-16-19(15)3/h8-10,16H,4-7,11H2,1-3H3. The van der Waals surface area contributed by atoms with E-state index >= 15 is 0 Å². The Morgan fingerprint density at radius 1 is 1.29 bits per heavy atom. The fourth-order valence-corrected chi connectivity index (χ4v) is 2.78. The summed E-state index contributed by atoms with van der Waals surface area (Å²) in [6, 6.07) is 2.02. The molecule has 0 bridgehead atoms. The van der Waals surface area contributed by atoms with Crippen molar-refractivity contribution in [1.82, 2.24) is 25.4 Å². The van der Waals surface area contributed by atoms with Crippen LogP contribution >= 0.6 is 0 Å². The van der Waals surface area contributed by atoms with E-state index in [9.17, 15) is 0 Å². The summed E-state index contributed by atoms with van der Waals surface area (Å²) in [4.78, 5) is 4.63. The van der Waals surface area contributed by atoms with Crippen molar-refractivity contribution in [2.24, 2.45) is 0 Å². The predicted molar refractivity (Wildman–Crippen MR) is 80.6 cm³/mol. The first-order chi connectivity index (χ1) is 10.1. The number of rotatable bonds is 5. The van der Waals surface area contributed by atoms with Crippen molar-refractivity contribution in [3.63, 3.8) is 0 Å². The molecule has 2 aliphatic rings. The zero-order valence-corrected chi connectivity index (χ0v) is 13.0. The first-order valence-corrected chi connectivity index (χ1v) is 7.43. The summed E-state index contributed by atoms with van der Waals surface area (Å²) in [5, 5.41) is 5.97. The highest BCUT2D eigenvalue weighted by atomic mass is 16.5. The molecule has 6 nitrogen and oxygen atoms in total. The molecule has 0 radical (unpaired) electrons. The van der Waals surface area contributed by atoms with Crippen molar-refractivity contribution in [3.8, 4) is 0 Å². The van der Waals surface area contributed by atoms with Gasteiger partial charge in [-0.25, -0.2) is 0 Å². The van der Waals surface area contributed by atoms with E-state index < -0.39 is 0 Å². The molecule has 0 fully saturated rings. The number of likely N-dealkylation sites (N-methyl/N-ethyl adjacent to an activating group) is 2. The van der Waals surface area contributed by atoms with Crippen molar-refractivity contribution < 1.29 is 4.52 Å². The van der Waals surface area contributed by atoms with Crippen LogP contribution in [0.2, 0.25) is 0 Å². The molecule has 3 rings (SSSR count). The van der Waals surface area contributed by atoms with Crippen LogP contribution in [0.3, 0.4) is 0 Å². The lowest BCUT2D eigenvalue weighted by atomic mass is 10.2. The smallest absolute Gasteiger partial charge is 0.136 e. The molecule has 0 amide bonds. The van der Waals surface area contributed by atoms with Crippen LogP contribution in [0, 0.1) is 6.92 Å². The van der Waals surface area contributed by atoms with E-state index in [1.807, 2.05) is 20.0 Å². The number of hydrogen-bond acceptors (Lipinski definition) is 6. The number of nitrogens with zero attached hydrogens (tertiary/aromatic N) is 4. The molecule has 0 saturated carbocycles. The number of hydrazine groups is 1. The Balaban J connectivity index is 1.48. The van der Waals surface area contributed by atoms with Gasteiger partial charge in [-0.2, -0.15) is 0 Å². The highest BCUT2D eigenvalue weighted by molar-refractivity contribution is 5.33. The van der Waals surface area contributed by atoms with Crippen LogP contribution in [-0.2, 0) is 6.42 Å². The second-order valence-corrected chi connectivity index (χ2v) is 5.78. The average Bonchev–Trinajstić information content (AvgIpc) is 3.02. The molecule has 0 unspecified atom stereocenters. The Morgan fingerprint density at radius 3 is 2.90 bits per heavy atom. The van der Waals surface area contributed by atoms with Crippen molar-refractivity contribution in [1.29, 1.82) is 0 Å². The fourth-order valence-electron chi connectivity index (χ4n) is 2.78. The third kappa shape index (κ3) is 2.99. The van der Waals surface area contributed by atoms with E-state index in [1.165, 1.54) is 11.4 Å². The third-order valence-electron chi connectivity index (χ3n) is 3.92. The SMILES string of the molecule is Cc1cc(CCCCN2C=C3C(=CNN3C)N(C)C2)on1. The minimum absolute atomic E-state index is 0.937. The van der Waals surface area contributed by atoms with Gasteiger partial charge in [0.1, 0.15) is 5.76 Å². The largest absolute Gasteiger partial charge is 0.361 e. The molecule has 2 aliphatic heterocycles. The summed E-state index contributed by atoms with van der Waals surface area (Å²) in [6.45, 7) is 3.95. The molecule has 0 atom stereocenters. The number of hydrogen-bond donors (Lipinski definition) is 1. The number of unbranched alkanes of at least 4 members (excludes halogenated alkanes) is 1. The maximum atomic E-state index is 5.24. The van der Waals surface area contributed by atoms with E-state index in [0.29, 0.717) is 0 Å². The normalized spacial score (nSPS) is 17.6. The fraction of sp³-hybridized carbons (Fsp3) is 0.533. The van der Waals surface area contributed by atoms with Gasteiger partial charge in [0.2, 0.25) is 0 Å². The second-order valence-electron chi connectivity index (χ2n) is 5.78. The molecule has 0 spiro atoms. The molecule has 0 aromatic carbocycles. The maximum Gasteiger partial charge on any atom is 0.136 e. The maximum absolute atomic E-state index is 5.24. The molecule has 1 N–H and O–H groups in total. The van der Waals surface area contributed by atoms with E-state index in [4.69, 9.17) is 4.52 Å². The molecule has 0 aliphatic carbocycles. The van der Waals surface area contributed by atoms with Gasteiger partial charge < -0.3 is 19.7 Å². The Labute approximate surface area is 125 Å². The monoisotopic (exact) mass is 289 g/mol. The summed E-state index contributed by atoms with van der Waals surface area (Å²) in [6.07, 6.45) is 7.52. The van der Waals surface area contributed by atoms with Crippen molar-refractivity contribution in [2.45, 2.75) is 26.2 Å². The first kappa shape index (κ1) is 13.9. The zero-order chi connectivity index (χ0) is 14.8. The van der Waals surface area contributed by atoms with E-state index in [1.54, 1.807) is 0 Å². The van der Waals surface area contributed by atoms with Crippen molar-refractivity contribution >= 4 is 0 Å². The van der Waals surface area contributed by atoms with Crippen LogP contribution in [0.1, 0.15) is 24.3 Å². The predicted octanol–water partition coefficient (Wildman–Crippen LogP) is 1.64. The van der Waals surface area contributed by atoms with Crippen LogP contribution in [0.4, 0.5) is 0 Å². The number of aromatic nitrogens is 1. The first-order valence-electron chi connectivity index (χ1n) is 7.43. The molecular weight excluding hydrogens is 266 g/mol. The zero-order valence-electron chi connectivity index (χ0n) is 13.0. The van der Waals surface area contributed by atoms with Crippen LogP contribution in [-0.4, -0.2) is 47.3 Å². The molecule has 114 valence electrons. The highest BCUT2D eigenvalue weighted by Gasteiger charge is 2.25. The Bertz CT molecular complexity index is 562. The van der Waals surface area contributed by atoms with Gasteiger partial charge in [0.25, 0.3) is 0 Å². The Kier molecular flexibility index (Phi) is 3.77. The average molecular weight is 289 g/mol. The van der Waals surface area contributed by atoms with E-state index in [-0.39, 0.29) is 0 Å². The van der Waals surface area contributed by atoms with Crippen molar-refractivity contribution in [2.75, 3.05) is 27.3 Å². The highest BCUT2D eigenvalue weighted by Crippen LogP contribution is 2.25. The van der Waals surface area contributed by atoms with Gasteiger partial charge in [0.05, 0.1) is 23.8 Å². The molecule has 21 heavy (non-hydrogen) atoms. The minimum atomic E-state index is 0.937. The topological polar surface area (TPSA) is 47.8 Å². The summed E-state index contributed by atoms with van der Waals surface area (Å²) < 4.78 is 5.24. The lowest BCUT2D eigenvalue weighted by Crippen LogP contribution is -2.39. The van der Waals surface area contributed by atoms with Crippen LogP contribution in [0.25, 0.3) is 0 Å². The number of fused-ring (bicyclic) bond motifs is 1. The molecule has 3 heterocycles. The van der Waals surface area contributed by atoms with E-state index in [2.05, 4.69) is 44.8 Å². The van der Waals surface area contributed by atoms with E-state index in [0.717, 1.165) is 43.9 Å². The Morgan fingerprint density at radius 2 is 2.14 bits per heavy atom. The number of aryl methyl sites for hydroxylation is 2. The summed E-state index contributed by atoms with van der Waals surface area (Å²) in [7, 11) is 4.17. The lowest BCUT2D eigenvalue weighted by Gasteiger charge is -2.35. The Hall–Kier alpha value is -2.11. The summed E-state index contributed by atoms with van der Waals surface area (Å²) in [5.74, 6) is 0.992. The van der Waals surface area contributed by atoms with Gasteiger partial charge in [-0.05, 0) is 19.8 Å². The van der Waals surface area contributed by atoms with Gasteiger partial charge in [-0.3, -0.25) is 5.01 Å². The quantitative estimate of drug-likeness (QED) is 0.832. The third-order valence-corrected chi connectivity index (χ3v) is 3.92. The van der Waals surface area contributed by atoms with Gasteiger partial charge in [-0.15, -0.1) is 0 Å². The molecule has 1 aromatic heterocycles. The number of nitrogens with one attached hydrogen (secondary N) is 1. The summed E-state index contributed by atoms with van der Waals surface area (Å²) in [5.41, 5.74) is 6.67. The second kappa shape index (κ2) is 5.71. The summed E-state index contributed by atoms with van der Waals surface area (Å²) >= 11 is 0. The van der Waals surface area contributed by atoms with Gasteiger partial charge >= 0.3 is 0 Å². The van der Waals surface area contributed by atoms with Gasteiger partial charge in [-0.1, -0.05) is 5.16 Å². The molecule has 1 aromatic rings. The van der Waals surface area contributed by atoms with Crippen molar-refractivity contribution in [3.05, 3.63) is 41.3 Å². The van der Waals surface area contributed by atoms with Gasteiger partial charge in [0, 0.05) is 45.5 Å².